The van der Waals surface area contributed by atoms with E-state index >= 15 is 0 Å². The minimum atomic E-state index is -0.761. The molecule has 1 aromatic carbocycles. The Balaban J connectivity index is 2.09. The summed E-state index contributed by atoms with van der Waals surface area (Å²) < 4.78 is 16.2. The van der Waals surface area contributed by atoms with Gasteiger partial charge in [-0.1, -0.05) is 43.7 Å². The van der Waals surface area contributed by atoms with E-state index in [4.69, 9.17) is 14.2 Å². The Kier molecular flexibility index (Phi) is 7.03. The zero-order chi connectivity index (χ0) is 19.2. The topological polar surface area (TPSA) is 65.1 Å². The predicted molar refractivity (Wildman–Crippen MR) is 97.6 cm³/mol. The van der Waals surface area contributed by atoms with Crippen LogP contribution in [0.25, 0.3) is 0 Å². The van der Waals surface area contributed by atoms with Crippen LogP contribution in [0.4, 0.5) is 4.79 Å². The van der Waals surface area contributed by atoms with Gasteiger partial charge in [0.1, 0.15) is 5.60 Å². The van der Waals surface area contributed by atoms with Gasteiger partial charge in [-0.15, -0.1) is 0 Å². The number of hydrogen-bond donors (Lipinski definition) is 0. The van der Waals surface area contributed by atoms with Crippen LogP contribution in [0.1, 0.15) is 46.1 Å². The molecule has 0 bridgehead atoms. The molecule has 1 amide bonds. The predicted octanol–water partition coefficient (Wildman–Crippen LogP) is 3.53. The third-order valence-electron chi connectivity index (χ3n) is 3.99. The van der Waals surface area contributed by atoms with Crippen molar-refractivity contribution in [1.29, 1.82) is 0 Å². The first-order valence-corrected chi connectivity index (χ1v) is 9.13. The molecular weight excluding hydrogens is 334 g/mol. The summed E-state index contributed by atoms with van der Waals surface area (Å²) in [4.78, 5) is 26.5. The molecular formula is C20H29NO5. The summed E-state index contributed by atoms with van der Waals surface area (Å²) in [6.07, 6.45) is 0.535. The number of esters is 1. The lowest BCUT2D eigenvalue weighted by molar-refractivity contribution is -0.186. The van der Waals surface area contributed by atoms with Gasteiger partial charge in [0.2, 0.25) is 0 Å². The molecule has 0 unspecified atom stereocenters. The van der Waals surface area contributed by atoms with Crippen LogP contribution in [0.15, 0.2) is 30.3 Å². The molecule has 0 aromatic heterocycles. The lowest BCUT2D eigenvalue weighted by atomic mass is 10.0. The Morgan fingerprint density at radius 2 is 1.92 bits per heavy atom. The molecule has 1 aromatic rings. The maximum absolute atomic E-state index is 12.7. The average Bonchev–Trinajstić information content (AvgIpc) is 2.53. The molecule has 1 aliphatic heterocycles. The molecule has 0 aliphatic carbocycles. The van der Waals surface area contributed by atoms with Gasteiger partial charge in [-0.05, 0) is 32.8 Å². The third kappa shape index (κ3) is 5.73. The zero-order valence-electron chi connectivity index (χ0n) is 16.1. The van der Waals surface area contributed by atoms with E-state index in [2.05, 4.69) is 0 Å². The first-order valence-electron chi connectivity index (χ1n) is 9.13. The second kappa shape index (κ2) is 9.03. The first kappa shape index (κ1) is 20.2. The molecule has 0 spiro atoms. The molecule has 1 fully saturated rings. The van der Waals surface area contributed by atoms with Gasteiger partial charge >= 0.3 is 12.1 Å². The molecule has 1 heterocycles. The number of carbonyl (C=O) groups excluding carboxylic acids is 2. The second-order valence-corrected chi connectivity index (χ2v) is 7.44. The molecule has 144 valence electrons. The van der Waals surface area contributed by atoms with E-state index in [1.165, 1.54) is 0 Å². The molecule has 2 atom stereocenters. The number of ether oxygens (including phenoxy) is 3. The highest BCUT2D eigenvalue weighted by Crippen LogP contribution is 2.25. The van der Waals surface area contributed by atoms with Crippen molar-refractivity contribution in [2.45, 2.75) is 64.8 Å². The van der Waals surface area contributed by atoms with Crippen molar-refractivity contribution < 1.29 is 23.8 Å². The fourth-order valence-electron chi connectivity index (χ4n) is 2.57. The van der Waals surface area contributed by atoms with Crippen molar-refractivity contribution in [3.05, 3.63) is 35.9 Å². The number of amides is 1. The number of rotatable bonds is 7. The van der Waals surface area contributed by atoms with Gasteiger partial charge in [-0.2, -0.15) is 0 Å². The zero-order valence-corrected chi connectivity index (χ0v) is 16.1. The van der Waals surface area contributed by atoms with Crippen LogP contribution in [0.3, 0.4) is 0 Å². The molecule has 2 rings (SSSR count). The van der Waals surface area contributed by atoms with E-state index in [1.807, 2.05) is 58.0 Å². The number of nitrogens with zero attached hydrogens (tertiary/aromatic N) is 1. The van der Waals surface area contributed by atoms with Crippen molar-refractivity contribution in [3.63, 3.8) is 0 Å². The summed E-state index contributed by atoms with van der Waals surface area (Å²) in [5, 5.41) is 0. The Morgan fingerprint density at radius 3 is 2.46 bits per heavy atom. The van der Waals surface area contributed by atoms with E-state index in [9.17, 15) is 9.59 Å². The fourth-order valence-corrected chi connectivity index (χ4v) is 2.57. The van der Waals surface area contributed by atoms with Crippen molar-refractivity contribution in [2.75, 3.05) is 13.2 Å². The first-order chi connectivity index (χ1) is 12.3. The number of benzene rings is 1. The van der Waals surface area contributed by atoms with Crippen LogP contribution in [0, 0.1) is 0 Å². The summed E-state index contributed by atoms with van der Waals surface area (Å²) in [5.41, 5.74) is 0.344. The minimum Gasteiger partial charge on any atom is -0.464 e. The molecule has 0 radical (unpaired) electrons. The normalized spacial score (nSPS) is 19.4. The summed E-state index contributed by atoms with van der Waals surface area (Å²) in [6, 6.07) is 9.23. The second-order valence-electron chi connectivity index (χ2n) is 7.44. The third-order valence-corrected chi connectivity index (χ3v) is 3.99. The van der Waals surface area contributed by atoms with Crippen molar-refractivity contribution in [3.8, 4) is 0 Å². The Hall–Kier alpha value is -2.08. The van der Waals surface area contributed by atoms with E-state index in [0.717, 1.165) is 18.4 Å². The standard InChI is InChI=1S/C20H29NO5/c1-5-6-12-24-18(22)17-16(14-25-17)21(19(23)26-20(2,3)4)13-15-10-8-7-9-11-15/h7-11,16-17H,5-6,12-14H2,1-4H3/t16-,17-/m1/s1. The highest BCUT2D eigenvalue weighted by Gasteiger charge is 2.46. The van der Waals surface area contributed by atoms with Gasteiger partial charge in [0, 0.05) is 6.54 Å². The maximum atomic E-state index is 12.7. The maximum Gasteiger partial charge on any atom is 0.411 e. The minimum absolute atomic E-state index is 0.291. The lowest BCUT2D eigenvalue weighted by Crippen LogP contribution is -2.61. The molecule has 26 heavy (non-hydrogen) atoms. The van der Waals surface area contributed by atoms with Gasteiger partial charge < -0.3 is 14.2 Å². The number of carbonyl (C=O) groups is 2. The number of unbranched alkanes of at least 4 members (excludes halogenated alkanes) is 1. The molecule has 1 aliphatic rings. The van der Waals surface area contributed by atoms with Crippen LogP contribution in [-0.2, 0) is 25.5 Å². The van der Waals surface area contributed by atoms with Gasteiger partial charge in [0.25, 0.3) is 0 Å². The van der Waals surface area contributed by atoms with Crippen molar-refractivity contribution >= 4 is 12.1 Å². The van der Waals surface area contributed by atoms with Crippen LogP contribution in [0.2, 0.25) is 0 Å². The van der Waals surface area contributed by atoms with E-state index in [0.29, 0.717) is 19.8 Å². The van der Waals surface area contributed by atoms with E-state index in [-0.39, 0.29) is 6.04 Å². The Bertz CT molecular complexity index is 596. The monoisotopic (exact) mass is 363 g/mol. The van der Waals surface area contributed by atoms with Gasteiger partial charge in [-0.25, -0.2) is 9.59 Å². The van der Waals surface area contributed by atoms with E-state index < -0.39 is 23.8 Å². The van der Waals surface area contributed by atoms with Crippen LogP contribution in [0.5, 0.6) is 0 Å². The average molecular weight is 363 g/mol. The summed E-state index contributed by atoms with van der Waals surface area (Å²) in [6.45, 7) is 8.49. The quantitative estimate of drug-likeness (QED) is 0.548. The molecule has 0 saturated carbocycles. The molecule has 1 saturated heterocycles. The van der Waals surface area contributed by atoms with Gasteiger partial charge in [0.15, 0.2) is 6.10 Å². The molecule has 0 N–H and O–H groups in total. The van der Waals surface area contributed by atoms with Crippen molar-refractivity contribution in [1.82, 2.24) is 4.90 Å². The summed E-state index contributed by atoms with van der Waals surface area (Å²) in [5.74, 6) is -0.420. The fraction of sp³-hybridized carbons (Fsp3) is 0.600. The Morgan fingerprint density at radius 1 is 1.23 bits per heavy atom. The van der Waals surface area contributed by atoms with Crippen molar-refractivity contribution in [2.24, 2.45) is 0 Å². The molecule has 6 nitrogen and oxygen atoms in total. The summed E-state index contributed by atoms with van der Waals surface area (Å²) in [7, 11) is 0. The summed E-state index contributed by atoms with van der Waals surface area (Å²) >= 11 is 0. The smallest absolute Gasteiger partial charge is 0.411 e. The molecule has 6 heteroatoms. The SMILES string of the molecule is CCCCOC(=O)[C@@H]1OC[C@H]1N(Cc1ccccc1)C(=O)OC(C)(C)C. The lowest BCUT2D eigenvalue weighted by Gasteiger charge is -2.42. The van der Waals surface area contributed by atoms with Crippen LogP contribution < -0.4 is 0 Å². The van der Waals surface area contributed by atoms with E-state index in [1.54, 1.807) is 4.90 Å². The van der Waals surface area contributed by atoms with Crippen LogP contribution >= 0.6 is 0 Å². The van der Waals surface area contributed by atoms with Gasteiger partial charge in [-0.3, -0.25) is 4.90 Å². The van der Waals surface area contributed by atoms with Gasteiger partial charge in [0.05, 0.1) is 19.3 Å². The largest absolute Gasteiger partial charge is 0.464 e. The number of hydrogen-bond acceptors (Lipinski definition) is 5. The highest BCUT2D eigenvalue weighted by atomic mass is 16.6. The van der Waals surface area contributed by atoms with Crippen LogP contribution in [-0.4, -0.2) is 47.9 Å². The Labute approximate surface area is 155 Å². The highest BCUT2D eigenvalue weighted by molar-refractivity contribution is 5.78.